The van der Waals surface area contributed by atoms with Crippen molar-refractivity contribution in [1.29, 1.82) is 0 Å². The Morgan fingerprint density at radius 2 is 1.62 bits per heavy atom. The van der Waals surface area contributed by atoms with Crippen LogP contribution in [0.15, 0.2) is 6.33 Å². The first-order valence-corrected chi connectivity index (χ1v) is 7.48. The zero-order chi connectivity index (χ0) is 16.0. The summed E-state index contributed by atoms with van der Waals surface area (Å²) in [6.45, 7) is 13.9. The zero-order valence-corrected chi connectivity index (χ0v) is 14.0. The highest BCUT2D eigenvalue weighted by Gasteiger charge is 2.15. The van der Waals surface area contributed by atoms with Crippen LogP contribution in [-0.2, 0) is 0 Å². The number of nitrogens with zero attached hydrogens (tertiary/aromatic N) is 3. The molecule has 1 aromatic heterocycles. The van der Waals surface area contributed by atoms with E-state index >= 15 is 0 Å². The standard InChI is InChI=1S/C15H28N4O2/c1-10(2)19(11(3)4)7-8-20-14-13(16)15(18-9-17-14)21-12(5)6/h9-12H,7-8,16H2,1-6H3. The molecule has 0 aliphatic rings. The van der Waals surface area contributed by atoms with Crippen molar-refractivity contribution in [1.82, 2.24) is 14.9 Å². The highest BCUT2D eigenvalue weighted by Crippen LogP contribution is 2.27. The predicted molar refractivity (Wildman–Crippen MR) is 84.7 cm³/mol. The molecule has 0 aliphatic heterocycles. The van der Waals surface area contributed by atoms with Crippen molar-refractivity contribution in [3.63, 3.8) is 0 Å². The third-order valence-corrected chi connectivity index (χ3v) is 3.07. The van der Waals surface area contributed by atoms with Crippen molar-refractivity contribution >= 4 is 5.69 Å². The molecule has 1 rings (SSSR count). The van der Waals surface area contributed by atoms with Gasteiger partial charge in [-0.25, -0.2) is 0 Å². The maximum atomic E-state index is 5.98. The summed E-state index contributed by atoms with van der Waals surface area (Å²) in [5.41, 5.74) is 6.33. The first-order valence-electron chi connectivity index (χ1n) is 7.48. The second-order valence-electron chi connectivity index (χ2n) is 5.84. The zero-order valence-electron chi connectivity index (χ0n) is 14.0. The maximum Gasteiger partial charge on any atom is 0.244 e. The summed E-state index contributed by atoms with van der Waals surface area (Å²) < 4.78 is 11.2. The monoisotopic (exact) mass is 296 g/mol. The normalized spacial score (nSPS) is 11.7. The van der Waals surface area contributed by atoms with E-state index in [1.54, 1.807) is 0 Å². The fourth-order valence-electron chi connectivity index (χ4n) is 2.16. The summed E-state index contributed by atoms with van der Waals surface area (Å²) in [5, 5.41) is 0. The Morgan fingerprint density at radius 1 is 1.05 bits per heavy atom. The maximum absolute atomic E-state index is 5.98. The van der Waals surface area contributed by atoms with Crippen molar-refractivity contribution in [2.75, 3.05) is 18.9 Å². The van der Waals surface area contributed by atoms with Gasteiger partial charge < -0.3 is 15.2 Å². The number of aromatic nitrogens is 2. The fraction of sp³-hybridized carbons (Fsp3) is 0.733. The summed E-state index contributed by atoms with van der Waals surface area (Å²) in [7, 11) is 0. The van der Waals surface area contributed by atoms with Crippen LogP contribution in [0.4, 0.5) is 5.69 Å². The van der Waals surface area contributed by atoms with Gasteiger partial charge in [0, 0.05) is 18.6 Å². The van der Waals surface area contributed by atoms with Gasteiger partial charge in [-0.05, 0) is 41.5 Å². The Morgan fingerprint density at radius 3 is 2.14 bits per heavy atom. The lowest BCUT2D eigenvalue weighted by Gasteiger charge is -2.30. The van der Waals surface area contributed by atoms with E-state index in [0.717, 1.165) is 6.54 Å². The van der Waals surface area contributed by atoms with Crippen LogP contribution in [0.5, 0.6) is 11.8 Å². The summed E-state index contributed by atoms with van der Waals surface area (Å²) in [6, 6.07) is 0.937. The smallest absolute Gasteiger partial charge is 0.244 e. The van der Waals surface area contributed by atoms with Gasteiger partial charge >= 0.3 is 0 Å². The van der Waals surface area contributed by atoms with Crippen LogP contribution < -0.4 is 15.2 Å². The van der Waals surface area contributed by atoms with Crippen molar-refractivity contribution in [3.8, 4) is 11.8 Å². The van der Waals surface area contributed by atoms with Crippen LogP contribution in [-0.4, -0.2) is 46.2 Å². The molecule has 6 nitrogen and oxygen atoms in total. The average molecular weight is 296 g/mol. The van der Waals surface area contributed by atoms with Crippen LogP contribution in [0.3, 0.4) is 0 Å². The van der Waals surface area contributed by atoms with Crippen molar-refractivity contribution < 1.29 is 9.47 Å². The lowest BCUT2D eigenvalue weighted by Crippen LogP contribution is -2.39. The van der Waals surface area contributed by atoms with E-state index in [-0.39, 0.29) is 6.10 Å². The number of nitrogens with two attached hydrogens (primary N) is 1. The van der Waals surface area contributed by atoms with Crippen LogP contribution >= 0.6 is 0 Å². The number of hydrogen-bond acceptors (Lipinski definition) is 6. The molecule has 6 heteroatoms. The fourth-order valence-corrected chi connectivity index (χ4v) is 2.16. The number of nitrogen functional groups attached to an aromatic ring is 1. The van der Waals surface area contributed by atoms with Crippen LogP contribution in [0.1, 0.15) is 41.5 Å². The van der Waals surface area contributed by atoms with E-state index in [2.05, 4.69) is 42.6 Å². The molecule has 1 aromatic rings. The SMILES string of the molecule is CC(C)Oc1ncnc(OCCN(C(C)C)C(C)C)c1N. The molecule has 2 N–H and O–H groups in total. The van der Waals surface area contributed by atoms with Gasteiger partial charge in [-0.3, -0.25) is 4.90 Å². The van der Waals surface area contributed by atoms with Gasteiger partial charge in [0.25, 0.3) is 0 Å². The minimum Gasteiger partial charge on any atom is -0.475 e. The van der Waals surface area contributed by atoms with Gasteiger partial charge in [-0.2, -0.15) is 9.97 Å². The van der Waals surface area contributed by atoms with Crippen molar-refractivity contribution in [2.24, 2.45) is 0 Å². The Balaban J connectivity index is 2.63. The van der Waals surface area contributed by atoms with E-state index < -0.39 is 0 Å². The number of ether oxygens (including phenoxy) is 2. The number of hydrogen-bond donors (Lipinski definition) is 1. The molecular formula is C15H28N4O2. The van der Waals surface area contributed by atoms with E-state index in [9.17, 15) is 0 Å². The molecule has 0 bridgehead atoms. The molecule has 0 unspecified atom stereocenters. The quantitative estimate of drug-likeness (QED) is 0.794. The van der Waals surface area contributed by atoms with E-state index in [0.29, 0.717) is 36.1 Å². The van der Waals surface area contributed by atoms with Crippen molar-refractivity contribution in [3.05, 3.63) is 6.33 Å². The molecule has 0 saturated heterocycles. The highest BCUT2D eigenvalue weighted by molar-refractivity contribution is 5.55. The van der Waals surface area contributed by atoms with Gasteiger partial charge in [0.1, 0.15) is 12.9 Å². The minimum atomic E-state index is 0.00687. The van der Waals surface area contributed by atoms with Gasteiger partial charge in [-0.1, -0.05) is 0 Å². The van der Waals surface area contributed by atoms with Gasteiger partial charge in [0.15, 0.2) is 5.69 Å². The van der Waals surface area contributed by atoms with E-state index in [1.807, 2.05) is 13.8 Å². The lowest BCUT2D eigenvalue weighted by atomic mass is 10.2. The Bertz CT molecular complexity index is 428. The third kappa shape index (κ3) is 5.38. The molecular weight excluding hydrogens is 268 g/mol. The molecule has 0 aliphatic carbocycles. The van der Waals surface area contributed by atoms with Crippen LogP contribution in [0.25, 0.3) is 0 Å². The molecule has 120 valence electrons. The molecule has 0 amide bonds. The minimum absolute atomic E-state index is 0.00687. The van der Waals surface area contributed by atoms with Crippen LogP contribution in [0, 0.1) is 0 Å². The summed E-state index contributed by atoms with van der Waals surface area (Å²) in [5.74, 6) is 0.757. The second-order valence-corrected chi connectivity index (χ2v) is 5.84. The van der Waals surface area contributed by atoms with Crippen LogP contribution in [0.2, 0.25) is 0 Å². The van der Waals surface area contributed by atoms with Crippen molar-refractivity contribution in [2.45, 2.75) is 59.7 Å². The Hall–Kier alpha value is -1.56. The summed E-state index contributed by atoms with van der Waals surface area (Å²) in [4.78, 5) is 10.5. The molecule has 0 saturated carbocycles. The first-order chi connectivity index (χ1) is 9.82. The third-order valence-electron chi connectivity index (χ3n) is 3.07. The topological polar surface area (TPSA) is 73.5 Å². The summed E-state index contributed by atoms with van der Waals surface area (Å²) >= 11 is 0. The second kappa shape index (κ2) is 8.02. The van der Waals surface area contributed by atoms with E-state index in [4.69, 9.17) is 15.2 Å². The molecule has 0 aromatic carbocycles. The average Bonchev–Trinajstić information content (AvgIpc) is 2.37. The molecule has 0 atom stereocenters. The molecule has 1 heterocycles. The largest absolute Gasteiger partial charge is 0.475 e. The Kier molecular flexibility index (Phi) is 6.68. The van der Waals surface area contributed by atoms with E-state index in [1.165, 1.54) is 6.33 Å². The molecule has 0 radical (unpaired) electrons. The molecule has 21 heavy (non-hydrogen) atoms. The van der Waals surface area contributed by atoms with Gasteiger partial charge in [0.2, 0.25) is 11.8 Å². The highest BCUT2D eigenvalue weighted by atomic mass is 16.5. The molecule has 0 spiro atoms. The predicted octanol–water partition coefficient (Wildman–Crippen LogP) is 2.34. The first kappa shape index (κ1) is 17.5. The summed E-state index contributed by atoms with van der Waals surface area (Å²) in [6.07, 6.45) is 1.42. The number of rotatable bonds is 8. The number of anilines is 1. The van der Waals surface area contributed by atoms with Gasteiger partial charge in [0.05, 0.1) is 6.10 Å². The molecule has 0 fully saturated rings. The lowest BCUT2D eigenvalue weighted by molar-refractivity contribution is 0.140. The van der Waals surface area contributed by atoms with Gasteiger partial charge in [-0.15, -0.1) is 0 Å². The Labute approximate surface area is 127 Å².